The van der Waals surface area contributed by atoms with Crippen LogP contribution in [-0.2, 0) is 11.0 Å². The maximum Gasteiger partial charge on any atom is 0.127 e. The standard InChI is InChI=1S/C17H22N2OS/c1-16(2)8-14-9-17(3,11-16)12-19(14)21(20)15-6-4-13(10-18)5-7-15/h4-7,14H,8-9,11-12H2,1-3H3. The molecule has 0 spiro atoms. The van der Waals surface area contributed by atoms with E-state index in [2.05, 4.69) is 31.1 Å². The molecule has 21 heavy (non-hydrogen) atoms. The highest BCUT2D eigenvalue weighted by Gasteiger charge is 2.51. The minimum atomic E-state index is -1.11. The Kier molecular flexibility index (Phi) is 3.46. The normalized spacial score (nSPS) is 32.6. The van der Waals surface area contributed by atoms with Gasteiger partial charge < -0.3 is 0 Å². The average Bonchev–Trinajstić information content (AvgIpc) is 2.67. The monoisotopic (exact) mass is 302 g/mol. The maximum absolute atomic E-state index is 12.9. The first-order valence-corrected chi connectivity index (χ1v) is 8.61. The van der Waals surface area contributed by atoms with Gasteiger partial charge in [0, 0.05) is 12.6 Å². The van der Waals surface area contributed by atoms with Crippen molar-refractivity contribution in [1.29, 1.82) is 5.26 Å². The van der Waals surface area contributed by atoms with Crippen LogP contribution in [0.15, 0.2) is 29.2 Å². The van der Waals surface area contributed by atoms with E-state index in [0.717, 1.165) is 24.3 Å². The number of hydrogen-bond acceptors (Lipinski definition) is 2. The molecule has 1 heterocycles. The SMILES string of the molecule is CC1(C)CC2CC(C)(CN2S(=O)c2ccc(C#N)cc2)C1. The Hall–Kier alpha value is -1.18. The van der Waals surface area contributed by atoms with E-state index in [4.69, 9.17) is 5.26 Å². The predicted octanol–water partition coefficient (Wildman–Crippen LogP) is 3.48. The highest BCUT2D eigenvalue weighted by Crippen LogP contribution is 2.53. The van der Waals surface area contributed by atoms with Gasteiger partial charge in [0.15, 0.2) is 0 Å². The van der Waals surface area contributed by atoms with Crippen LogP contribution in [-0.4, -0.2) is 21.1 Å². The molecule has 2 fully saturated rings. The van der Waals surface area contributed by atoms with Gasteiger partial charge in [-0.15, -0.1) is 0 Å². The lowest BCUT2D eigenvalue weighted by Crippen LogP contribution is -2.35. The summed E-state index contributed by atoms with van der Waals surface area (Å²) >= 11 is 0. The van der Waals surface area contributed by atoms with E-state index < -0.39 is 11.0 Å². The van der Waals surface area contributed by atoms with Crippen molar-refractivity contribution in [3.8, 4) is 6.07 Å². The molecule has 0 N–H and O–H groups in total. The number of benzene rings is 1. The first-order valence-electron chi connectivity index (χ1n) is 7.51. The van der Waals surface area contributed by atoms with Gasteiger partial charge in [0.1, 0.15) is 11.0 Å². The Bertz CT molecular complexity index is 617. The summed E-state index contributed by atoms with van der Waals surface area (Å²) in [6, 6.07) is 9.67. The molecule has 3 rings (SSSR count). The van der Waals surface area contributed by atoms with E-state index in [1.807, 2.05) is 12.1 Å². The number of fused-ring (bicyclic) bond motifs is 2. The van der Waals surface area contributed by atoms with E-state index >= 15 is 0 Å². The molecule has 4 heteroatoms. The molecule has 1 aromatic carbocycles. The van der Waals surface area contributed by atoms with Gasteiger partial charge in [0.2, 0.25) is 0 Å². The molecule has 0 radical (unpaired) electrons. The lowest BCUT2D eigenvalue weighted by Gasteiger charge is -2.39. The summed E-state index contributed by atoms with van der Waals surface area (Å²) in [5, 5.41) is 8.86. The van der Waals surface area contributed by atoms with Crippen molar-refractivity contribution in [3.05, 3.63) is 29.8 Å². The third-order valence-corrected chi connectivity index (χ3v) is 6.29. The smallest absolute Gasteiger partial charge is 0.127 e. The molecule has 2 bridgehead atoms. The average molecular weight is 302 g/mol. The summed E-state index contributed by atoms with van der Waals surface area (Å²) in [4.78, 5) is 0.808. The van der Waals surface area contributed by atoms with Crippen molar-refractivity contribution < 1.29 is 4.21 Å². The molecule has 1 saturated heterocycles. The molecule has 3 unspecified atom stereocenters. The Labute approximate surface area is 129 Å². The number of nitriles is 1. The van der Waals surface area contributed by atoms with Gasteiger partial charge in [0.25, 0.3) is 0 Å². The van der Waals surface area contributed by atoms with Gasteiger partial charge >= 0.3 is 0 Å². The molecule has 112 valence electrons. The van der Waals surface area contributed by atoms with Crippen LogP contribution in [0.4, 0.5) is 0 Å². The van der Waals surface area contributed by atoms with Crippen LogP contribution in [0.1, 0.15) is 45.6 Å². The van der Waals surface area contributed by atoms with E-state index in [1.165, 1.54) is 6.42 Å². The van der Waals surface area contributed by atoms with Crippen LogP contribution in [0.2, 0.25) is 0 Å². The molecule has 1 aliphatic heterocycles. The molecule has 3 atom stereocenters. The number of nitrogens with zero attached hydrogens (tertiary/aromatic N) is 2. The van der Waals surface area contributed by atoms with Crippen LogP contribution in [0, 0.1) is 22.2 Å². The zero-order chi connectivity index (χ0) is 15.3. The van der Waals surface area contributed by atoms with Crippen molar-refractivity contribution in [2.45, 2.75) is 51.0 Å². The molecular formula is C17H22N2OS. The van der Waals surface area contributed by atoms with Gasteiger partial charge in [-0.1, -0.05) is 20.8 Å². The van der Waals surface area contributed by atoms with Crippen molar-refractivity contribution in [2.24, 2.45) is 10.8 Å². The lowest BCUT2D eigenvalue weighted by molar-refractivity contribution is 0.133. The summed E-state index contributed by atoms with van der Waals surface area (Å²) < 4.78 is 15.1. The van der Waals surface area contributed by atoms with E-state index in [1.54, 1.807) is 12.1 Å². The largest absolute Gasteiger partial charge is 0.237 e. The Balaban J connectivity index is 1.84. The molecule has 0 aromatic heterocycles. The van der Waals surface area contributed by atoms with Crippen LogP contribution in [0.25, 0.3) is 0 Å². The lowest BCUT2D eigenvalue weighted by atomic mass is 9.65. The third-order valence-electron chi connectivity index (χ3n) is 4.76. The summed E-state index contributed by atoms with van der Waals surface area (Å²) in [6.45, 7) is 7.89. The molecule has 1 aromatic rings. The Morgan fingerprint density at radius 1 is 1.24 bits per heavy atom. The van der Waals surface area contributed by atoms with Crippen LogP contribution < -0.4 is 0 Å². The molecule has 0 amide bonds. The first-order chi connectivity index (χ1) is 9.82. The Morgan fingerprint density at radius 2 is 1.90 bits per heavy atom. The molecule has 1 aliphatic carbocycles. The van der Waals surface area contributed by atoms with Gasteiger partial charge in [-0.25, -0.2) is 8.51 Å². The summed E-state index contributed by atoms with van der Waals surface area (Å²) in [6.07, 6.45) is 3.47. The quantitative estimate of drug-likeness (QED) is 0.839. The van der Waals surface area contributed by atoms with Gasteiger partial charge in [-0.05, 0) is 54.4 Å². The summed E-state index contributed by atoms with van der Waals surface area (Å²) in [7, 11) is -1.11. The fourth-order valence-corrected chi connectivity index (χ4v) is 5.87. The second-order valence-electron chi connectivity index (χ2n) is 7.67. The van der Waals surface area contributed by atoms with Crippen molar-refractivity contribution >= 4 is 11.0 Å². The van der Waals surface area contributed by atoms with E-state index in [-0.39, 0.29) is 5.41 Å². The van der Waals surface area contributed by atoms with Crippen molar-refractivity contribution in [1.82, 2.24) is 4.31 Å². The van der Waals surface area contributed by atoms with E-state index in [9.17, 15) is 4.21 Å². The zero-order valence-electron chi connectivity index (χ0n) is 12.9. The number of rotatable bonds is 2. The van der Waals surface area contributed by atoms with Gasteiger partial charge in [-0.3, -0.25) is 0 Å². The van der Waals surface area contributed by atoms with Crippen LogP contribution >= 0.6 is 0 Å². The topological polar surface area (TPSA) is 44.1 Å². The third kappa shape index (κ3) is 2.77. The maximum atomic E-state index is 12.9. The highest BCUT2D eigenvalue weighted by atomic mass is 32.2. The second kappa shape index (κ2) is 4.93. The van der Waals surface area contributed by atoms with Crippen LogP contribution in [0.5, 0.6) is 0 Å². The highest BCUT2D eigenvalue weighted by molar-refractivity contribution is 7.82. The fraction of sp³-hybridized carbons (Fsp3) is 0.588. The first kappa shape index (κ1) is 14.7. The molecule has 3 nitrogen and oxygen atoms in total. The van der Waals surface area contributed by atoms with Crippen molar-refractivity contribution in [3.63, 3.8) is 0 Å². The molecular weight excluding hydrogens is 280 g/mol. The summed E-state index contributed by atoms with van der Waals surface area (Å²) in [5.74, 6) is 0. The van der Waals surface area contributed by atoms with Crippen molar-refractivity contribution in [2.75, 3.05) is 6.54 Å². The zero-order valence-corrected chi connectivity index (χ0v) is 13.7. The predicted molar refractivity (Wildman–Crippen MR) is 83.8 cm³/mol. The van der Waals surface area contributed by atoms with E-state index in [0.29, 0.717) is 17.0 Å². The second-order valence-corrected chi connectivity index (χ2v) is 9.11. The summed E-state index contributed by atoms with van der Waals surface area (Å²) in [5.41, 5.74) is 1.24. The fourth-order valence-electron chi connectivity index (χ4n) is 4.38. The minimum absolute atomic E-state index is 0.286. The van der Waals surface area contributed by atoms with Gasteiger partial charge in [-0.2, -0.15) is 5.26 Å². The number of hydrogen-bond donors (Lipinski definition) is 0. The molecule has 2 aliphatic rings. The minimum Gasteiger partial charge on any atom is -0.237 e. The Morgan fingerprint density at radius 3 is 2.52 bits per heavy atom. The molecule has 1 saturated carbocycles. The van der Waals surface area contributed by atoms with Gasteiger partial charge in [0.05, 0.1) is 16.5 Å². The van der Waals surface area contributed by atoms with Crippen LogP contribution in [0.3, 0.4) is 0 Å².